The second kappa shape index (κ2) is 8.33. The third-order valence-corrected chi connectivity index (χ3v) is 3.50. The fourth-order valence-electron chi connectivity index (χ4n) is 1.87. The van der Waals surface area contributed by atoms with Crippen LogP contribution >= 0.6 is 15.9 Å². The van der Waals surface area contributed by atoms with Crippen LogP contribution in [0.5, 0.6) is 11.5 Å². The molecule has 6 heteroatoms. The molecule has 2 aromatic carbocycles. The lowest BCUT2D eigenvalue weighted by atomic mass is 10.2. The van der Waals surface area contributed by atoms with Crippen LogP contribution < -0.4 is 14.9 Å². The van der Waals surface area contributed by atoms with Gasteiger partial charge in [0.15, 0.2) is 11.5 Å². The number of methoxy groups -OCH3 is 1. The normalized spacial score (nSPS) is 10.6. The third-order valence-electron chi connectivity index (χ3n) is 2.97. The number of ether oxygens (including phenoxy) is 2. The van der Waals surface area contributed by atoms with Crippen molar-refractivity contribution in [3.05, 3.63) is 58.1 Å². The first kappa shape index (κ1) is 17.0. The van der Waals surface area contributed by atoms with E-state index in [1.165, 1.54) is 0 Å². The molecule has 0 aliphatic carbocycles. The van der Waals surface area contributed by atoms with E-state index >= 15 is 0 Å². The zero-order chi connectivity index (χ0) is 16.7. The second-order valence-corrected chi connectivity index (χ2v) is 5.47. The first-order valence-electron chi connectivity index (χ1n) is 7.04. The Labute approximate surface area is 143 Å². The Morgan fingerprint density at radius 1 is 1.22 bits per heavy atom. The first-order valence-corrected chi connectivity index (χ1v) is 7.83. The lowest BCUT2D eigenvalue weighted by molar-refractivity contribution is 0.0955. The molecule has 2 aromatic rings. The van der Waals surface area contributed by atoms with Gasteiger partial charge in [-0.2, -0.15) is 5.10 Å². The fraction of sp³-hybridized carbons (Fsp3) is 0.176. The number of carbonyl (C=O) groups excluding carboxylic acids is 1. The maximum Gasteiger partial charge on any atom is 0.271 e. The predicted molar refractivity (Wildman–Crippen MR) is 93.4 cm³/mol. The molecule has 120 valence electrons. The second-order valence-electron chi connectivity index (χ2n) is 4.55. The number of hydrogen-bond donors (Lipinski definition) is 1. The van der Waals surface area contributed by atoms with Gasteiger partial charge in [-0.1, -0.05) is 15.9 Å². The van der Waals surface area contributed by atoms with Crippen molar-refractivity contribution in [3.8, 4) is 11.5 Å². The highest BCUT2D eigenvalue weighted by Crippen LogP contribution is 2.27. The summed E-state index contributed by atoms with van der Waals surface area (Å²) < 4.78 is 11.6. The van der Waals surface area contributed by atoms with Crippen LogP contribution in [0.3, 0.4) is 0 Å². The summed E-state index contributed by atoms with van der Waals surface area (Å²) in [6.45, 7) is 2.47. The minimum absolute atomic E-state index is 0.272. The van der Waals surface area contributed by atoms with E-state index in [4.69, 9.17) is 9.47 Å². The summed E-state index contributed by atoms with van der Waals surface area (Å²) >= 11 is 3.32. The van der Waals surface area contributed by atoms with E-state index in [0.29, 0.717) is 23.7 Å². The van der Waals surface area contributed by atoms with E-state index in [1.807, 2.05) is 13.0 Å². The van der Waals surface area contributed by atoms with Crippen LogP contribution in [0.4, 0.5) is 0 Å². The first-order chi connectivity index (χ1) is 11.1. The topological polar surface area (TPSA) is 59.9 Å². The minimum atomic E-state index is -0.272. The van der Waals surface area contributed by atoms with Gasteiger partial charge in [0.05, 0.1) is 19.9 Å². The van der Waals surface area contributed by atoms with E-state index in [1.54, 1.807) is 49.7 Å². The largest absolute Gasteiger partial charge is 0.493 e. The minimum Gasteiger partial charge on any atom is -0.493 e. The van der Waals surface area contributed by atoms with Crippen molar-refractivity contribution in [2.24, 2.45) is 5.10 Å². The molecule has 2 rings (SSSR count). The highest BCUT2D eigenvalue weighted by molar-refractivity contribution is 9.10. The molecule has 0 atom stereocenters. The number of nitrogens with one attached hydrogen (secondary N) is 1. The Balaban J connectivity index is 2.02. The molecule has 0 fully saturated rings. The van der Waals surface area contributed by atoms with Gasteiger partial charge in [-0.15, -0.1) is 0 Å². The molecule has 0 aliphatic rings. The average Bonchev–Trinajstić information content (AvgIpc) is 2.56. The van der Waals surface area contributed by atoms with Crippen molar-refractivity contribution in [2.75, 3.05) is 13.7 Å². The van der Waals surface area contributed by atoms with Crippen LogP contribution in [0.2, 0.25) is 0 Å². The molecule has 1 N–H and O–H groups in total. The van der Waals surface area contributed by atoms with Crippen LogP contribution in [-0.4, -0.2) is 25.8 Å². The summed E-state index contributed by atoms with van der Waals surface area (Å²) in [6.07, 6.45) is 1.55. The Morgan fingerprint density at radius 3 is 2.61 bits per heavy atom. The fourth-order valence-corrected chi connectivity index (χ4v) is 2.13. The molecule has 0 spiro atoms. The van der Waals surface area contributed by atoms with Gasteiger partial charge in [-0.3, -0.25) is 4.79 Å². The molecular formula is C17H17BrN2O3. The van der Waals surface area contributed by atoms with Crippen LogP contribution in [-0.2, 0) is 0 Å². The van der Waals surface area contributed by atoms with Crippen molar-refractivity contribution < 1.29 is 14.3 Å². The summed E-state index contributed by atoms with van der Waals surface area (Å²) in [5.74, 6) is 1.02. The molecular weight excluding hydrogens is 360 g/mol. The highest BCUT2D eigenvalue weighted by atomic mass is 79.9. The smallest absolute Gasteiger partial charge is 0.271 e. The Morgan fingerprint density at radius 2 is 1.96 bits per heavy atom. The van der Waals surface area contributed by atoms with Crippen molar-refractivity contribution in [1.82, 2.24) is 5.43 Å². The van der Waals surface area contributed by atoms with Gasteiger partial charge < -0.3 is 9.47 Å². The van der Waals surface area contributed by atoms with Gasteiger partial charge in [-0.05, 0) is 55.0 Å². The van der Waals surface area contributed by atoms with Gasteiger partial charge in [0, 0.05) is 10.0 Å². The molecule has 0 unspecified atom stereocenters. The van der Waals surface area contributed by atoms with Crippen LogP contribution in [0.1, 0.15) is 22.8 Å². The lowest BCUT2D eigenvalue weighted by Crippen LogP contribution is -2.17. The number of benzene rings is 2. The van der Waals surface area contributed by atoms with E-state index in [-0.39, 0.29) is 5.91 Å². The van der Waals surface area contributed by atoms with E-state index in [9.17, 15) is 4.79 Å². The molecule has 1 amide bonds. The number of rotatable bonds is 6. The molecule has 0 saturated heterocycles. The maximum absolute atomic E-state index is 11.9. The summed E-state index contributed by atoms with van der Waals surface area (Å²) in [5, 5.41) is 3.96. The van der Waals surface area contributed by atoms with Gasteiger partial charge in [0.1, 0.15) is 0 Å². The summed E-state index contributed by atoms with van der Waals surface area (Å²) in [6, 6.07) is 12.5. The van der Waals surface area contributed by atoms with Crippen LogP contribution in [0.15, 0.2) is 52.0 Å². The van der Waals surface area contributed by atoms with Crippen molar-refractivity contribution in [2.45, 2.75) is 6.92 Å². The van der Waals surface area contributed by atoms with Gasteiger partial charge in [0.25, 0.3) is 5.91 Å². The summed E-state index contributed by atoms with van der Waals surface area (Å²) in [5.41, 5.74) is 3.82. The standard InChI is InChI=1S/C17H17BrN2O3/c1-3-23-15-9-4-12(10-16(15)22-2)11-19-20-17(21)13-5-7-14(18)8-6-13/h4-11H,3H2,1-2H3,(H,20,21). The van der Waals surface area contributed by atoms with Crippen molar-refractivity contribution >= 4 is 28.1 Å². The van der Waals surface area contributed by atoms with Crippen LogP contribution in [0, 0.1) is 0 Å². The molecule has 23 heavy (non-hydrogen) atoms. The molecule has 0 bridgehead atoms. The quantitative estimate of drug-likeness (QED) is 0.618. The number of amides is 1. The number of hydrazone groups is 1. The highest BCUT2D eigenvalue weighted by Gasteiger charge is 2.05. The number of halogens is 1. The number of carbonyl (C=O) groups is 1. The molecule has 0 radical (unpaired) electrons. The Bertz CT molecular complexity index is 699. The predicted octanol–water partition coefficient (Wildman–Crippen LogP) is 3.62. The van der Waals surface area contributed by atoms with Gasteiger partial charge >= 0.3 is 0 Å². The lowest BCUT2D eigenvalue weighted by Gasteiger charge is -2.09. The molecule has 5 nitrogen and oxygen atoms in total. The Kier molecular flexibility index (Phi) is 6.17. The number of nitrogens with zero attached hydrogens (tertiary/aromatic N) is 1. The van der Waals surface area contributed by atoms with Gasteiger partial charge in [0.2, 0.25) is 0 Å². The summed E-state index contributed by atoms with van der Waals surface area (Å²) in [4.78, 5) is 11.9. The third kappa shape index (κ3) is 4.82. The number of hydrogen-bond acceptors (Lipinski definition) is 4. The average molecular weight is 377 g/mol. The monoisotopic (exact) mass is 376 g/mol. The zero-order valence-electron chi connectivity index (χ0n) is 12.9. The van der Waals surface area contributed by atoms with Crippen LogP contribution in [0.25, 0.3) is 0 Å². The van der Waals surface area contributed by atoms with E-state index < -0.39 is 0 Å². The van der Waals surface area contributed by atoms with E-state index in [2.05, 4.69) is 26.5 Å². The molecule has 0 aliphatic heterocycles. The van der Waals surface area contributed by atoms with Crippen molar-refractivity contribution in [3.63, 3.8) is 0 Å². The maximum atomic E-state index is 11.9. The molecule has 0 aromatic heterocycles. The zero-order valence-corrected chi connectivity index (χ0v) is 14.5. The Hall–Kier alpha value is -2.34. The van der Waals surface area contributed by atoms with Gasteiger partial charge in [-0.25, -0.2) is 5.43 Å². The van der Waals surface area contributed by atoms with E-state index in [0.717, 1.165) is 10.0 Å². The van der Waals surface area contributed by atoms with Crippen molar-refractivity contribution in [1.29, 1.82) is 0 Å². The SMILES string of the molecule is CCOc1ccc(C=NNC(=O)c2ccc(Br)cc2)cc1OC. The molecule has 0 saturated carbocycles. The molecule has 0 heterocycles. The summed E-state index contributed by atoms with van der Waals surface area (Å²) in [7, 11) is 1.58.